The van der Waals surface area contributed by atoms with Crippen molar-refractivity contribution in [3.63, 3.8) is 0 Å². The van der Waals surface area contributed by atoms with Gasteiger partial charge in [-0.1, -0.05) is 20.8 Å². The Morgan fingerprint density at radius 3 is 1.07 bits per heavy atom. The molecule has 14 heteroatoms. The van der Waals surface area contributed by atoms with Crippen molar-refractivity contribution in [2.75, 3.05) is 13.2 Å². The van der Waals surface area contributed by atoms with Gasteiger partial charge in [-0.3, -0.25) is 0 Å². The fourth-order valence-corrected chi connectivity index (χ4v) is 1.41. The van der Waals surface area contributed by atoms with Crippen molar-refractivity contribution in [3.05, 3.63) is 0 Å². The third-order valence-corrected chi connectivity index (χ3v) is 3.14. The summed E-state index contributed by atoms with van der Waals surface area (Å²) in [6.45, 7) is 6.21. The highest BCUT2D eigenvalue weighted by Crippen LogP contribution is 2.60. The van der Waals surface area contributed by atoms with Crippen molar-refractivity contribution in [2.45, 2.75) is 75.8 Å². The number of ether oxygens (including phenoxy) is 1. The summed E-state index contributed by atoms with van der Waals surface area (Å²) in [6, 6.07) is 0. The van der Waals surface area contributed by atoms with E-state index in [1.807, 2.05) is 0 Å². The standard InChI is InChI=1S/C8H5F13.C6H14O/c1-2-3(9,10)4(11,12)5(13,14)6(15,16)7(17,18)8(19,20)21;1-3-5-7-6-4-2/h2H2,1H3;3-6H2,1-2H3. The highest BCUT2D eigenvalue weighted by Gasteiger charge is 2.90. The molecule has 28 heavy (non-hydrogen) atoms. The van der Waals surface area contributed by atoms with Gasteiger partial charge < -0.3 is 4.74 Å². The normalized spacial score (nSPS) is 14.6. The predicted molar refractivity (Wildman–Crippen MR) is 72.5 cm³/mol. The number of halogens is 13. The van der Waals surface area contributed by atoms with Crippen molar-refractivity contribution in [1.29, 1.82) is 0 Å². The first-order chi connectivity index (χ1) is 12.2. The number of hydrogen-bond acceptors (Lipinski definition) is 1. The first kappa shape index (κ1) is 29.3. The zero-order chi connectivity index (χ0) is 23.2. The average Bonchev–Trinajstić information content (AvgIpc) is 2.54. The molecule has 0 N–H and O–H groups in total. The highest BCUT2D eigenvalue weighted by molar-refractivity contribution is 5.09. The molecule has 0 saturated heterocycles. The molecule has 0 radical (unpaired) electrons. The smallest absolute Gasteiger partial charge is 0.381 e. The molecular weight excluding hydrogens is 431 g/mol. The van der Waals surface area contributed by atoms with Gasteiger partial charge in [-0.25, -0.2) is 0 Å². The van der Waals surface area contributed by atoms with Crippen LogP contribution < -0.4 is 0 Å². The lowest BCUT2D eigenvalue weighted by Crippen LogP contribution is -2.69. The Balaban J connectivity index is 0. The Morgan fingerprint density at radius 1 is 0.500 bits per heavy atom. The fourth-order valence-electron chi connectivity index (χ4n) is 1.41. The molecule has 0 saturated carbocycles. The second-order valence-corrected chi connectivity index (χ2v) is 5.47. The van der Waals surface area contributed by atoms with Crippen molar-refractivity contribution in [1.82, 2.24) is 0 Å². The van der Waals surface area contributed by atoms with Gasteiger partial charge in [-0.15, -0.1) is 0 Å². The zero-order valence-electron chi connectivity index (χ0n) is 14.9. The molecule has 0 aromatic rings. The zero-order valence-corrected chi connectivity index (χ0v) is 14.9. The van der Waals surface area contributed by atoms with Crippen molar-refractivity contribution in [3.8, 4) is 0 Å². The lowest BCUT2D eigenvalue weighted by atomic mass is 9.93. The van der Waals surface area contributed by atoms with Gasteiger partial charge in [0.05, 0.1) is 0 Å². The summed E-state index contributed by atoms with van der Waals surface area (Å²) in [7, 11) is 0. The van der Waals surface area contributed by atoms with E-state index in [1.165, 1.54) is 0 Å². The first-order valence-electron chi connectivity index (χ1n) is 7.76. The molecule has 1 nitrogen and oxygen atoms in total. The van der Waals surface area contributed by atoms with E-state index < -0.39 is 42.2 Å². The molecule has 0 bridgehead atoms. The third kappa shape index (κ3) is 5.56. The molecule has 0 aliphatic carbocycles. The summed E-state index contributed by atoms with van der Waals surface area (Å²) < 4.78 is 166. The molecule has 0 aliphatic heterocycles. The number of hydrogen-bond donors (Lipinski definition) is 0. The van der Waals surface area contributed by atoms with Crippen LogP contribution in [0.25, 0.3) is 0 Å². The summed E-state index contributed by atoms with van der Waals surface area (Å²) in [5, 5.41) is 0. The molecule has 0 heterocycles. The van der Waals surface area contributed by atoms with Gasteiger partial charge in [0.1, 0.15) is 0 Å². The minimum Gasteiger partial charge on any atom is -0.381 e. The molecule has 172 valence electrons. The van der Waals surface area contributed by atoms with Gasteiger partial charge in [0.15, 0.2) is 0 Å². The van der Waals surface area contributed by atoms with Gasteiger partial charge in [-0.05, 0) is 12.8 Å². The predicted octanol–water partition coefficient (Wildman–Crippen LogP) is 6.96. The molecule has 0 aromatic heterocycles. The molecular formula is C14H19F13O. The molecule has 0 fully saturated rings. The van der Waals surface area contributed by atoms with Crippen LogP contribution in [0.5, 0.6) is 0 Å². The second-order valence-electron chi connectivity index (χ2n) is 5.47. The van der Waals surface area contributed by atoms with Crippen molar-refractivity contribution < 1.29 is 61.8 Å². The van der Waals surface area contributed by atoms with Gasteiger partial charge in [0, 0.05) is 19.6 Å². The summed E-state index contributed by atoms with van der Waals surface area (Å²) in [5.41, 5.74) is 0. The van der Waals surface area contributed by atoms with Crippen LogP contribution in [0.3, 0.4) is 0 Å². The minimum atomic E-state index is -7.81. The van der Waals surface area contributed by atoms with Crippen LogP contribution in [0.15, 0.2) is 0 Å². The topological polar surface area (TPSA) is 9.23 Å². The largest absolute Gasteiger partial charge is 0.460 e. The maximum atomic E-state index is 12.7. The number of alkyl halides is 13. The molecule has 0 amide bonds. The Bertz CT molecular complexity index is 453. The van der Waals surface area contributed by atoms with Gasteiger partial charge >= 0.3 is 35.8 Å². The van der Waals surface area contributed by atoms with Crippen LogP contribution >= 0.6 is 0 Å². The van der Waals surface area contributed by atoms with E-state index in [0.29, 0.717) is 0 Å². The van der Waals surface area contributed by atoms with E-state index in [9.17, 15) is 57.1 Å². The van der Waals surface area contributed by atoms with Crippen molar-refractivity contribution in [2.24, 2.45) is 0 Å². The van der Waals surface area contributed by atoms with Crippen molar-refractivity contribution >= 4 is 0 Å². The van der Waals surface area contributed by atoms with Gasteiger partial charge in [0.2, 0.25) is 0 Å². The Hall–Kier alpha value is -0.950. The summed E-state index contributed by atoms with van der Waals surface area (Å²) in [5.74, 6) is -36.2. The van der Waals surface area contributed by atoms with E-state index in [1.54, 1.807) is 0 Å². The molecule has 0 aromatic carbocycles. The SMILES string of the molecule is CCC(F)(F)C(F)(F)C(F)(F)C(F)(F)C(F)(F)C(F)(F)F.CCCOCCC. The number of rotatable bonds is 9. The van der Waals surface area contributed by atoms with Crippen LogP contribution in [0.2, 0.25) is 0 Å². The maximum absolute atomic E-state index is 12.7. The molecule has 0 atom stereocenters. The van der Waals surface area contributed by atoms with E-state index in [2.05, 4.69) is 13.8 Å². The molecule has 0 spiro atoms. The maximum Gasteiger partial charge on any atom is 0.460 e. The van der Waals surface area contributed by atoms with Gasteiger partial charge in [0.25, 0.3) is 0 Å². The van der Waals surface area contributed by atoms with E-state index >= 15 is 0 Å². The molecule has 0 aliphatic rings. The summed E-state index contributed by atoms with van der Waals surface area (Å²) >= 11 is 0. The fraction of sp³-hybridized carbons (Fsp3) is 1.00. The quantitative estimate of drug-likeness (QED) is 0.273. The van der Waals surface area contributed by atoms with E-state index in [-0.39, 0.29) is 6.92 Å². The Kier molecular flexibility index (Phi) is 10.1. The lowest BCUT2D eigenvalue weighted by Gasteiger charge is -2.39. The third-order valence-electron chi connectivity index (χ3n) is 3.14. The first-order valence-corrected chi connectivity index (χ1v) is 7.76. The van der Waals surface area contributed by atoms with Crippen LogP contribution in [0.4, 0.5) is 57.1 Å². The molecule has 0 unspecified atom stereocenters. The van der Waals surface area contributed by atoms with E-state index in [4.69, 9.17) is 4.74 Å². The van der Waals surface area contributed by atoms with Crippen LogP contribution in [0, 0.1) is 0 Å². The molecule has 0 rings (SSSR count). The van der Waals surface area contributed by atoms with Crippen LogP contribution in [-0.2, 0) is 4.74 Å². The summed E-state index contributed by atoms with van der Waals surface area (Å²) in [6.07, 6.45) is -7.29. The Morgan fingerprint density at radius 2 is 0.821 bits per heavy atom. The Labute approximate surface area is 152 Å². The average molecular weight is 450 g/mol. The van der Waals surface area contributed by atoms with Crippen LogP contribution in [-0.4, -0.2) is 49.0 Å². The van der Waals surface area contributed by atoms with Gasteiger partial charge in [-0.2, -0.15) is 57.1 Å². The van der Waals surface area contributed by atoms with E-state index in [0.717, 1.165) is 26.1 Å². The lowest BCUT2D eigenvalue weighted by molar-refractivity contribution is -0.439. The monoisotopic (exact) mass is 450 g/mol. The van der Waals surface area contributed by atoms with Crippen LogP contribution in [0.1, 0.15) is 40.0 Å². The minimum absolute atomic E-state index is 0.115. The second kappa shape index (κ2) is 9.70. The highest BCUT2D eigenvalue weighted by atomic mass is 19.4. The summed E-state index contributed by atoms with van der Waals surface area (Å²) in [4.78, 5) is 0.